The monoisotopic (exact) mass is 224 g/mol. The zero-order valence-corrected chi connectivity index (χ0v) is 9.87. The van der Waals surface area contributed by atoms with E-state index in [9.17, 15) is 9.59 Å². The first-order valence-electron chi connectivity index (χ1n) is 6.27. The Morgan fingerprint density at radius 1 is 1.50 bits per heavy atom. The Labute approximate surface area is 96.4 Å². The van der Waals surface area contributed by atoms with Crippen LogP contribution < -0.4 is 5.32 Å². The topological polar surface area (TPSA) is 49.4 Å². The van der Waals surface area contributed by atoms with Crippen LogP contribution in [0.3, 0.4) is 0 Å². The lowest BCUT2D eigenvalue weighted by molar-refractivity contribution is -0.128. The van der Waals surface area contributed by atoms with Crippen molar-refractivity contribution in [3.8, 4) is 0 Å². The van der Waals surface area contributed by atoms with Gasteiger partial charge in [0.2, 0.25) is 11.8 Å². The van der Waals surface area contributed by atoms with Crippen LogP contribution in [0.25, 0.3) is 0 Å². The summed E-state index contributed by atoms with van der Waals surface area (Å²) in [7, 11) is 0. The Bertz CT molecular complexity index is 287. The van der Waals surface area contributed by atoms with E-state index in [-0.39, 0.29) is 11.8 Å². The minimum absolute atomic E-state index is 0.111. The van der Waals surface area contributed by atoms with Gasteiger partial charge in [-0.1, -0.05) is 6.92 Å². The van der Waals surface area contributed by atoms with E-state index in [1.165, 1.54) is 12.8 Å². The van der Waals surface area contributed by atoms with E-state index in [1.807, 2.05) is 11.8 Å². The number of carbonyl (C=O) groups is 2. The van der Waals surface area contributed by atoms with Crippen LogP contribution in [0.5, 0.6) is 0 Å². The fourth-order valence-electron chi connectivity index (χ4n) is 2.26. The quantitative estimate of drug-likeness (QED) is 0.754. The number of likely N-dealkylation sites (tertiary alicyclic amines) is 1. The van der Waals surface area contributed by atoms with E-state index >= 15 is 0 Å². The van der Waals surface area contributed by atoms with Crippen molar-refractivity contribution in [1.82, 2.24) is 10.2 Å². The molecule has 1 atom stereocenters. The lowest BCUT2D eigenvalue weighted by Gasteiger charge is -2.15. The molecule has 1 N–H and O–H groups in total. The minimum Gasteiger partial charge on any atom is -0.356 e. The molecule has 1 aliphatic heterocycles. The zero-order chi connectivity index (χ0) is 11.5. The first kappa shape index (κ1) is 11.4. The summed E-state index contributed by atoms with van der Waals surface area (Å²) in [5.74, 6) is 0.714. The third-order valence-corrected chi connectivity index (χ3v) is 3.29. The van der Waals surface area contributed by atoms with Gasteiger partial charge in [-0.15, -0.1) is 0 Å². The molecule has 16 heavy (non-hydrogen) atoms. The molecule has 1 heterocycles. The van der Waals surface area contributed by atoms with Crippen molar-refractivity contribution in [1.29, 1.82) is 0 Å². The molecule has 1 unspecified atom stereocenters. The van der Waals surface area contributed by atoms with E-state index < -0.39 is 0 Å². The predicted octanol–water partition coefficient (Wildman–Crippen LogP) is 0.914. The van der Waals surface area contributed by atoms with Crippen LogP contribution in [0.4, 0.5) is 0 Å². The van der Waals surface area contributed by atoms with Crippen LogP contribution in [-0.4, -0.2) is 35.8 Å². The van der Waals surface area contributed by atoms with Crippen LogP contribution in [0.15, 0.2) is 0 Å². The van der Waals surface area contributed by atoms with Crippen LogP contribution in [0.2, 0.25) is 0 Å². The van der Waals surface area contributed by atoms with Gasteiger partial charge in [0, 0.05) is 37.9 Å². The molecular weight excluding hydrogens is 204 g/mol. The molecule has 2 amide bonds. The second kappa shape index (κ2) is 4.85. The van der Waals surface area contributed by atoms with Crippen LogP contribution in [0.1, 0.15) is 39.0 Å². The summed E-state index contributed by atoms with van der Waals surface area (Å²) in [6.07, 6.45) is 4.42. The van der Waals surface area contributed by atoms with Crippen molar-refractivity contribution in [3.63, 3.8) is 0 Å². The third-order valence-electron chi connectivity index (χ3n) is 3.29. The number of carbonyl (C=O) groups excluding carboxylic acids is 2. The van der Waals surface area contributed by atoms with Crippen LogP contribution in [-0.2, 0) is 9.59 Å². The second-order valence-electron chi connectivity index (χ2n) is 4.90. The van der Waals surface area contributed by atoms with Crippen molar-refractivity contribution < 1.29 is 9.59 Å². The molecule has 0 aromatic rings. The summed E-state index contributed by atoms with van der Waals surface area (Å²) in [6, 6.07) is 0.517. The highest BCUT2D eigenvalue weighted by Gasteiger charge is 2.39. The molecule has 1 saturated carbocycles. The van der Waals surface area contributed by atoms with Crippen molar-refractivity contribution >= 4 is 11.8 Å². The van der Waals surface area contributed by atoms with Gasteiger partial charge < -0.3 is 10.2 Å². The molecule has 0 radical (unpaired) electrons. The molecule has 0 spiro atoms. The number of hydrogen-bond donors (Lipinski definition) is 1. The standard InChI is InChI=1S/C12H20N2O2/c1-2-3-11(15)13-7-9-6-12(16)14(8-9)10-4-5-10/h9-10H,2-8H2,1H3,(H,13,15). The normalized spacial score (nSPS) is 24.9. The van der Waals surface area contributed by atoms with E-state index in [0.717, 1.165) is 13.0 Å². The molecule has 0 bridgehead atoms. The molecule has 4 nitrogen and oxygen atoms in total. The van der Waals surface area contributed by atoms with E-state index in [2.05, 4.69) is 5.32 Å². The molecule has 1 saturated heterocycles. The molecule has 2 aliphatic rings. The maximum atomic E-state index is 11.6. The highest BCUT2D eigenvalue weighted by molar-refractivity contribution is 5.80. The summed E-state index contributed by atoms with van der Waals surface area (Å²) < 4.78 is 0. The number of hydrogen-bond acceptors (Lipinski definition) is 2. The van der Waals surface area contributed by atoms with Crippen molar-refractivity contribution in [2.24, 2.45) is 5.92 Å². The molecule has 0 aromatic carbocycles. The lowest BCUT2D eigenvalue weighted by atomic mass is 10.1. The molecule has 2 fully saturated rings. The van der Waals surface area contributed by atoms with Gasteiger partial charge in [0.25, 0.3) is 0 Å². The maximum absolute atomic E-state index is 11.6. The number of nitrogens with one attached hydrogen (secondary N) is 1. The highest BCUT2D eigenvalue weighted by atomic mass is 16.2. The minimum atomic E-state index is 0.111. The van der Waals surface area contributed by atoms with Gasteiger partial charge in [0.05, 0.1) is 0 Å². The Hall–Kier alpha value is -1.06. The molecule has 4 heteroatoms. The first-order valence-corrected chi connectivity index (χ1v) is 6.27. The Morgan fingerprint density at radius 2 is 2.25 bits per heavy atom. The summed E-state index contributed by atoms with van der Waals surface area (Å²) in [5, 5.41) is 2.91. The largest absolute Gasteiger partial charge is 0.356 e. The molecule has 2 rings (SSSR count). The maximum Gasteiger partial charge on any atom is 0.223 e. The highest BCUT2D eigenvalue weighted by Crippen LogP contribution is 2.32. The van der Waals surface area contributed by atoms with Crippen molar-refractivity contribution in [2.75, 3.05) is 13.1 Å². The SMILES string of the molecule is CCCC(=O)NCC1CC(=O)N(C2CC2)C1. The average Bonchev–Trinajstić information content (AvgIpc) is 3.01. The van der Waals surface area contributed by atoms with E-state index in [4.69, 9.17) is 0 Å². The molecule has 0 aromatic heterocycles. The third kappa shape index (κ3) is 2.74. The smallest absolute Gasteiger partial charge is 0.223 e. The Kier molecular flexibility index (Phi) is 3.46. The second-order valence-corrected chi connectivity index (χ2v) is 4.90. The van der Waals surface area contributed by atoms with E-state index in [1.54, 1.807) is 0 Å². The van der Waals surface area contributed by atoms with Crippen molar-refractivity contribution in [2.45, 2.75) is 45.1 Å². The van der Waals surface area contributed by atoms with Gasteiger partial charge in [0.1, 0.15) is 0 Å². The summed E-state index contributed by atoms with van der Waals surface area (Å²) >= 11 is 0. The molecular formula is C12H20N2O2. The first-order chi connectivity index (χ1) is 7.70. The Morgan fingerprint density at radius 3 is 2.88 bits per heavy atom. The fourth-order valence-corrected chi connectivity index (χ4v) is 2.26. The van der Waals surface area contributed by atoms with E-state index in [0.29, 0.717) is 31.3 Å². The predicted molar refractivity (Wildman–Crippen MR) is 60.8 cm³/mol. The van der Waals surface area contributed by atoms with Gasteiger partial charge in [0.15, 0.2) is 0 Å². The van der Waals surface area contributed by atoms with Gasteiger partial charge in [-0.3, -0.25) is 9.59 Å². The van der Waals surface area contributed by atoms with Crippen LogP contribution >= 0.6 is 0 Å². The molecule has 90 valence electrons. The van der Waals surface area contributed by atoms with Gasteiger partial charge in [-0.2, -0.15) is 0 Å². The number of nitrogens with zero attached hydrogens (tertiary/aromatic N) is 1. The summed E-state index contributed by atoms with van der Waals surface area (Å²) in [5.41, 5.74) is 0. The lowest BCUT2D eigenvalue weighted by Crippen LogP contribution is -2.31. The van der Waals surface area contributed by atoms with Crippen LogP contribution in [0, 0.1) is 5.92 Å². The summed E-state index contributed by atoms with van der Waals surface area (Å²) in [4.78, 5) is 24.9. The summed E-state index contributed by atoms with van der Waals surface area (Å²) in [6.45, 7) is 3.50. The number of amides is 2. The van der Waals surface area contributed by atoms with Gasteiger partial charge >= 0.3 is 0 Å². The van der Waals surface area contributed by atoms with Crippen molar-refractivity contribution in [3.05, 3.63) is 0 Å². The average molecular weight is 224 g/mol. The van der Waals surface area contributed by atoms with Gasteiger partial charge in [-0.25, -0.2) is 0 Å². The van der Waals surface area contributed by atoms with Gasteiger partial charge in [-0.05, 0) is 19.3 Å². The zero-order valence-electron chi connectivity index (χ0n) is 9.87. The molecule has 1 aliphatic carbocycles. The Balaban J connectivity index is 1.71. The fraction of sp³-hybridized carbons (Fsp3) is 0.833. The number of rotatable bonds is 5.